The van der Waals surface area contributed by atoms with Gasteiger partial charge in [0.1, 0.15) is 23.8 Å². The lowest BCUT2D eigenvalue weighted by Crippen LogP contribution is -3.04. The number of hydrogen-bond donors (Lipinski definition) is 2. The predicted octanol–water partition coefficient (Wildman–Crippen LogP) is 2.86. The summed E-state index contributed by atoms with van der Waals surface area (Å²) >= 11 is 0. The Morgan fingerprint density at radius 1 is 1.08 bits per heavy atom. The molecular weight excluding hydrogens is 330 g/mol. The van der Waals surface area contributed by atoms with E-state index in [4.69, 9.17) is 9.15 Å². The Hall–Kier alpha value is -2.79. The summed E-state index contributed by atoms with van der Waals surface area (Å²) in [5, 5.41) is 10.6. The lowest BCUT2D eigenvalue weighted by atomic mass is 10.1. The lowest BCUT2D eigenvalue weighted by Gasteiger charge is -2.14. The van der Waals surface area contributed by atoms with Crippen LogP contribution in [-0.2, 0) is 6.54 Å². The fourth-order valence-electron chi connectivity index (χ4n) is 3.15. The van der Waals surface area contributed by atoms with Gasteiger partial charge in [0, 0.05) is 0 Å². The van der Waals surface area contributed by atoms with Crippen molar-refractivity contribution >= 4 is 11.0 Å². The summed E-state index contributed by atoms with van der Waals surface area (Å²) in [5.74, 6) is 1.30. The molecule has 3 rings (SSSR count). The van der Waals surface area contributed by atoms with E-state index in [9.17, 15) is 9.90 Å². The van der Waals surface area contributed by atoms with Crippen molar-refractivity contribution in [1.29, 1.82) is 0 Å². The van der Waals surface area contributed by atoms with Crippen LogP contribution in [0.1, 0.15) is 22.5 Å². The van der Waals surface area contributed by atoms with Crippen LogP contribution in [0.25, 0.3) is 11.0 Å². The zero-order valence-corrected chi connectivity index (χ0v) is 15.8. The van der Waals surface area contributed by atoms with Gasteiger partial charge in [-0.05, 0) is 56.2 Å². The summed E-state index contributed by atoms with van der Waals surface area (Å²) in [6.45, 7) is 6.21. The first-order chi connectivity index (χ1) is 12.3. The third-order valence-electron chi connectivity index (χ3n) is 4.21. The molecule has 0 spiro atoms. The standard InChI is InChI=1S/C21H23NO4/c1-12-8-13(2)10-15(9-12)26-20-14(3)25-21-16(19(20)24)6-7-18(23)17(21)11-22(4)5/h6-10,23H,11H2,1-5H3/p+1. The second kappa shape index (κ2) is 6.84. The van der Waals surface area contributed by atoms with E-state index in [2.05, 4.69) is 0 Å². The van der Waals surface area contributed by atoms with Crippen molar-refractivity contribution in [3.63, 3.8) is 0 Å². The molecule has 0 fully saturated rings. The van der Waals surface area contributed by atoms with Crippen LogP contribution in [0.4, 0.5) is 0 Å². The maximum absolute atomic E-state index is 13.0. The number of nitrogens with one attached hydrogen (secondary N) is 1. The molecular formula is C21H24NO4+. The summed E-state index contributed by atoms with van der Waals surface area (Å²) in [5.41, 5.74) is 2.92. The van der Waals surface area contributed by atoms with Gasteiger partial charge in [-0.3, -0.25) is 4.79 Å². The van der Waals surface area contributed by atoms with Crippen LogP contribution in [0.3, 0.4) is 0 Å². The van der Waals surface area contributed by atoms with Gasteiger partial charge >= 0.3 is 0 Å². The highest BCUT2D eigenvalue weighted by atomic mass is 16.5. The third kappa shape index (κ3) is 3.44. The molecule has 2 N–H and O–H groups in total. The van der Waals surface area contributed by atoms with Crippen molar-refractivity contribution in [2.24, 2.45) is 0 Å². The molecule has 0 aliphatic rings. The van der Waals surface area contributed by atoms with E-state index in [1.807, 2.05) is 46.1 Å². The van der Waals surface area contributed by atoms with Crippen LogP contribution in [0.5, 0.6) is 17.2 Å². The normalized spacial score (nSPS) is 11.3. The number of aryl methyl sites for hydroxylation is 3. The summed E-state index contributed by atoms with van der Waals surface area (Å²) in [6.07, 6.45) is 0. The Bertz CT molecular complexity index is 1010. The minimum absolute atomic E-state index is 0.129. The maximum atomic E-state index is 13.0. The van der Waals surface area contributed by atoms with Gasteiger partial charge in [-0.25, -0.2) is 0 Å². The van der Waals surface area contributed by atoms with E-state index in [0.717, 1.165) is 16.0 Å². The van der Waals surface area contributed by atoms with E-state index in [-0.39, 0.29) is 16.9 Å². The number of fused-ring (bicyclic) bond motifs is 1. The van der Waals surface area contributed by atoms with Gasteiger partial charge in [-0.1, -0.05) is 6.07 Å². The van der Waals surface area contributed by atoms with Crippen molar-refractivity contribution in [1.82, 2.24) is 0 Å². The number of phenolic OH excluding ortho intramolecular Hbond substituents is 1. The molecule has 0 aliphatic heterocycles. The molecule has 1 aromatic heterocycles. The average molecular weight is 354 g/mol. The van der Waals surface area contributed by atoms with Crippen molar-refractivity contribution in [3.8, 4) is 17.2 Å². The van der Waals surface area contributed by atoms with Crippen LogP contribution in [0.15, 0.2) is 39.5 Å². The molecule has 1 heterocycles. The summed E-state index contributed by atoms with van der Waals surface area (Å²) < 4.78 is 11.8. The molecule has 0 amide bonds. The van der Waals surface area contributed by atoms with Gasteiger partial charge < -0.3 is 19.2 Å². The lowest BCUT2D eigenvalue weighted by molar-refractivity contribution is -0.872. The van der Waals surface area contributed by atoms with Crippen LogP contribution >= 0.6 is 0 Å². The van der Waals surface area contributed by atoms with E-state index < -0.39 is 0 Å². The summed E-state index contributed by atoms with van der Waals surface area (Å²) in [7, 11) is 3.95. The predicted molar refractivity (Wildman–Crippen MR) is 101 cm³/mol. The Balaban J connectivity index is 2.16. The summed E-state index contributed by atoms with van der Waals surface area (Å²) in [4.78, 5) is 14.1. The van der Waals surface area contributed by atoms with Crippen LogP contribution in [0.2, 0.25) is 0 Å². The quantitative estimate of drug-likeness (QED) is 0.756. The molecule has 3 aromatic rings. The van der Waals surface area contributed by atoms with Crippen molar-refractivity contribution in [2.45, 2.75) is 27.3 Å². The first-order valence-electron chi connectivity index (χ1n) is 8.59. The molecule has 136 valence electrons. The minimum atomic E-state index is -0.238. The zero-order valence-electron chi connectivity index (χ0n) is 15.8. The van der Waals surface area contributed by atoms with Gasteiger partial charge in [0.2, 0.25) is 11.2 Å². The molecule has 0 atom stereocenters. The SMILES string of the molecule is Cc1cc(C)cc(Oc2c(C)oc3c(C[NH+](C)C)c(O)ccc3c2=O)c1. The molecule has 5 nitrogen and oxygen atoms in total. The first kappa shape index (κ1) is 18.0. The Kier molecular flexibility index (Phi) is 4.74. The topological polar surface area (TPSA) is 64.1 Å². The van der Waals surface area contributed by atoms with Gasteiger partial charge in [-0.15, -0.1) is 0 Å². The van der Waals surface area contributed by atoms with E-state index >= 15 is 0 Å². The number of quaternary nitrogens is 1. The van der Waals surface area contributed by atoms with Gasteiger partial charge in [-0.2, -0.15) is 0 Å². The number of ether oxygens (including phenoxy) is 1. The van der Waals surface area contributed by atoms with Gasteiger partial charge in [0.15, 0.2) is 5.58 Å². The minimum Gasteiger partial charge on any atom is -0.507 e. The molecule has 0 unspecified atom stereocenters. The fraction of sp³-hybridized carbons (Fsp3) is 0.286. The Morgan fingerprint density at radius 3 is 2.35 bits per heavy atom. The number of aromatic hydroxyl groups is 1. The van der Waals surface area contributed by atoms with Crippen LogP contribution < -0.4 is 15.1 Å². The average Bonchev–Trinajstić information content (AvgIpc) is 2.53. The van der Waals surface area contributed by atoms with E-state index in [0.29, 0.717) is 34.6 Å². The second-order valence-corrected chi connectivity index (χ2v) is 7.07. The highest BCUT2D eigenvalue weighted by Crippen LogP contribution is 2.31. The van der Waals surface area contributed by atoms with Crippen molar-refractivity contribution in [3.05, 3.63) is 63.0 Å². The monoisotopic (exact) mass is 354 g/mol. The molecule has 26 heavy (non-hydrogen) atoms. The van der Waals surface area contributed by atoms with Crippen LogP contribution in [0, 0.1) is 20.8 Å². The molecule has 0 saturated carbocycles. The smallest absolute Gasteiger partial charge is 0.235 e. The molecule has 0 aliphatic carbocycles. The van der Waals surface area contributed by atoms with Crippen molar-refractivity contribution < 1.29 is 19.2 Å². The maximum Gasteiger partial charge on any atom is 0.235 e. The first-order valence-corrected chi connectivity index (χ1v) is 8.59. The fourth-order valence-corrected chi connectivity index (χ4v) is 3.15. The summed E-state index contributed by atoms with van der Waals surface area (Å²) in [6, 6.07) is 8.93. The number of hydrogen-bond acceptors (Lipinski definition) is 4. The second-order valence-electron chi connectivity index (χ2n) is 7.07. The molecule has 0 bridgehead atoms. The van der Waals surface area contributed by atoms with Crippen LogP contribution in [-0.4, -0.2) is 19.2 Å². The largest absolute Gasteiger partial charge is 0.507 e. The molecule has 0 saturated heterocycles. The number of rotatable bonds is 4. The van der Waals surface area contributed by atoms with E-state index in [1.165, 1.54) is 6.07 Å². The Morgan fingerprint density at radius 2 is 1.73 bits per heavy atom. The molecule has 5 heteroatoms. The van der Waals surface area contributed by atoms with E-state index in [1.54, 1.807) is 13.0 Å². The molecule has 2 aromatic carbocycles. The van der Waals surface area contributed by atoms with Crippen molar-refractivity contribution in [2.75, 3.05) is 14.1 Å². The highest BCUT2D eigenvalue weighted by Gasteiger charge is 2.19. The van der Waals surface area contributed by atoms with Gasteiger partial charge in [0.25, 0.3) is 0 Å². The number of phenols is 1. The highest BCUT2D eigenvalue weighted by molar-refractivity contribution is 5.83. The third-order valence-corrected chi connectivity index (χ3v) is 4.21. The van der Waals surface area contributed by atoms with Gasteiger partial charge in [0.05, 0.1) is 25.0 Å². The Labute approximate surface area is 152 Å². The number of benzene rings is 2. The zero-order chi connectivity index (χ0) is 19.0. The molecule has 0 radical (unpaired) electrons.